The van der Waals surface area contributed by atoms with Gasteiger partial charge in [0.2, 0.25) is 0 Å². The van der Waals surface area contributed by atoms with Gasteiger partial charge in [0.1, 0.15) is 13.2 Å². The third-order valence-electron chi connectivity index (χ3n) is 11.4. The number of rotatable bonds is 48. The summed E-state index contributed by atoms with van der Waals surface area (Å²) in [5.74, 6) is -0.935. The molecule has 0 N–H and O–H groups in total. The second kappa shape index (κ2) is 52.5. The van der Waals surface area contributed by atoms with Crippen molar-refractivity contribution < 1.29 is 28.6 Å². The van der Waals surface area contributed by atoms with Gasteiger partial charge in [-0.15, -0.1) is 0 Å². The fourth-order valence-electron chi connectivity index (χ4n) is 7.36. The largest absolute Gasteiger partial charge is 0.462 e. The van der Waals surface area contributed by atoms with E-state index >= 15 is 0 Å². The van der Waals surface area contributed by atoms with Crippen LogP contribution < -0.4 is 0 Å². The Labute approximate surface area is 395 Å². The van der Waals surface area contributed by atoms with E-state index in [-0.39, 0.29) is 31.1 Å². The van der Waals surface area contributed by atoms with Crippen molar-refractivity contribution in [1.82, 2.24) is 0 Å². The molecule has 0 fully saturated rings. The molecule has 0 aromatic heterocycles. The lowest BCUT2D eigenvalue weighted by molar-refractivity contribution is -0.167. The summed E-state index contributed by atoms with van der Waals surface area (Å²) in [6.07, 6.45) is 66.0. The fourth-order valence-corrected chi connectivity index (χ4v) is 7.36. The van der Waals surface area contributed by atoms with Gasteiger partial charge in [0.25, 0.3) is 0 Å². The van der Waals surface area contributed by atoms with E-state index in [0.717, 1.165) is 109 Å². The predicted molar refractivity (Wildman–Crippen MR) is 274 cm³/mol. The Morgan fingerprint density at radius 1 is 0.328 bits per heavy atom. The molecule has 368 valence electrons. The summed E-state index contributed by atoms with van der Waals surface area (Å²) in [7, 11) is 0. The van der Waals surface area contributed by atoms with E-state index in [2.05, 4.69) is 93.7 Å². The van der Waals surface area contributed by atoms with Gasteiger partial charge >= 0.3 is 17.9 Å². The van der Waals surface area contributed by atoms with E-state index < -0.39 is 6.10 Å². The van der Waals surface area contributed by atoms with Gasteiger partial charge in [-0.25, -0.2) is 0 Å². The molecule has 1 unspecified atom stereocenters. The van der Waals surface area contributed by atoms with Crippen molar-refractivity contribution in [1.29, 1.82) is 0 Å². The van der Waals surface area contributed by atoms with Crippen molar-refractivity contribution in [2.24, 2.45) is 0 Å². The Bertz CT molecular complexity index is 1210. The first-order valence-electron chi connectivity index (χ1n) is 26.9. The van der Waals surface area contributed by atoms with Gasteiger partial charge in [-0.05, 0) is 109 Å². The number of unbranched alkanes of at least 4 members (excludes halogenated alkanes) is 25. The molecular weight excluding hydrogens is 793 g/mol. The second-order valence-electron chi connectivity index (χ2n) is 17.7. The highest BCUT2D eigenvalue weighted by molar-refractivity contribution is 5.71. The summed E-state index contributed by atoms with van der Waals surface area (Å²) in [6.45, 7) is 6.46. The van der Waals surface area contributed by atoms with Crippen molar-refractivity contribution in [3.63, 3.8) is 0 Å². The molecule has 0 aliphatic carbocycles. The van der Waals surface area contributed by atoms with Crippen LogP contribution in [0.4, 0.5) is 0 Å². The molecule has 1 atom stereocenters. The molecule has 0 heterocycles. The van der Waals surface area contributed by atoms with Gasteiger partial charge in [-0.1, -0.05) is 203 Å². The van der Waals surface area contributed by atoms with Crippen molar-refractivity contribution in [2.75, 3.05) is 13.2 Å². The van der Waals surface area contributed by atoms with E-state index in [9.17, 15) is 14.4 Å². The predicted octanol–water partition coefficient (Wildman–Crippen LogP) is 17.8. The van der Waals surface area contributed by atoms with Crippen LogP contribution in [0.15, 0.2) is 72.9 Å². The Morgan fingerprint density at radius 3 is 1.02 bits per heavy atom. The lowest BCUT2D eigenvalue weighted by atomic mass is 10.1. The van der Waals surface area contributed by atoms with Crippen LogP contribution in [-0.2, 0) is 28.6 Å². The molecule has 0 amide bonds. The molecule has 0 bridgehead atoms. The monoisotopic (exact) mass is 893 g/mol. The van der Waals surface area contributed by atoms with E-state index in [4.69, 9.17) is 14.2 Å². The molecule has 6 nitrogen and oxygen atoms in total. The quantitative estimate of drug-likeness (QED) is 0.0262. The third-order valence-corrected chi connectivity index (χ3v) is 11.4. The van der Waals surface area contributed by atoms with Crippen LogP contribution in [0, 0.1) is 0 Å². The summed E-state index contributed by atoms with van der Waals surface area (Å²) in [5.41, 5.74) is 0. The maximum absolute atomic E-state index is 12.8. The maximum atomic E-state index is 12.8. The minimum absolute atomic E-state index is 0.0923. The van der Waals surface area contributed by atoms with Crippen molar-refractivity contribution in [3.8, 4) is 0 Å². The Balaban J connectivity index is 4.43. The number of hydrogen-bond donors (Lipinski definition) is 0. The average molecular weight is 893 g/mol. The molecule has 0 aliphatic heterocycles. The molecule has 64 heavy (non-hydrogen) atoms. The first kappa shape index (κ1) is 60.9. The zero-order valence-electron chi connectivity index (χ0n) is 42.0. The number of ether oxygens (including phenoxy) is 3. The average Bonchev–Trinajstić information content (AvgIpc) is 3.29. The number of esters is 3. The number of carbonyl (C=O) groups excluding carboxylic acids is 3. The van der Waals surface area contributed by atoms with E-state index in [1.807, 2.05) is 0 Å². The summed E-state index contributed by atoms with van der Waals surface area (Å²) in [6, 6.07) is 0. The summed E-state index contributed by atoms with van der Waals surface area (Å²) in [5, 5.41) is 0. The van der Waals surface area contributed by atoms with Crippen LogP contribution in [0.2, 0.25) is 0 Å². The van der Waals surface area contributed by atoms with E-state index in [1.165, 1.54) is 109 Å². The van der Waals surface area contributed by atoms with Crippen molar-refractivity contribution in [2.45, 2.75) is 264 Å². The smallest absolute Gasteiger partial charge is 0.306 e. The molecule has 0 aliphatic rings. The highest BCUT2D eigenvalue weighted by Gasteiger charge is 2.19. The maximum Gasteiger partial charge on any atom is 0.306 e. The topological polar surface area (TPSA) is 78.9 Å². The normalized spacial score (nSPS) is 12.6. The van der Waals surface area contributed by atoms with E-state index in [0.29, 0.717) is 19.3 Å². The highest BCUT2D eigenvalue weighted by atomic mass is 16.6. The first-order chi connectivity index (χ1) is 31.5. The standard InChI is InChI=1S/C58H100O6/c1-4-7-10-13-16-19-22-25-27-29-31-33-36-39-42-45-48-51-57(60)63-54-55(53-62-56(59)50-47-44-41-38-35-32-24-21-18-15-12-9-6-3)64-58(61)52-49-46-43-40-37-34-30-28-26-23-20-17-14-11-8-5-2/h9,12,16,18-19,21,25,27-28,30,32,35,55H,4-8,10-11,13-15,17,20,22-24,26,29,31,33-34,36-54H2,1-3H3/b12-9-,19-16-,21-18-,27-25-,30-28-,35-32-. The highest BCUT2D eigenvalue weighted by Crippen LogP contribution is 2.14. The molecule has 0 saturated heterocycles. The number of hydrogen-bond acceptors (Lipinski definition) is 6. The van der Waals surface area contributed by atoms with Crippen LogP contribution in [-0.4, -0.2) is 37.2 Å². The Morgan fingerprint density at radius 2 is 0.609 bits per heavy atom. The summed E-state index contributed by atoms with van der Waals surface area (Å²) in [4.78, 5) is 38.0. The minimum atomic E-state index is -0.794. The lowest BCUT2D eigenvalue weighted by Crippen LogP contribution is -2.30. The van der Waals surface area contributed by atoms with Gasteiger partial charge in [-0.3, -0.25) is 14.4 Å². The molecule has 0 saturated carbocycles. The van der Waals surface area contributed by atoms with Crippen LogP contribution in [0.5, 0.6) is 0 Å². The number of allylic oxidation sites excluding steroid dienone is 12. The molecular formula is C58H100O6. The molecule has 0 spiro atoms. The third kappa shape index (κ3) is 49.9. The molecule has 0 aromatic carbocycles. The SMILES string of the molecule is CC/C=C\C/C=C\C/C=C\CCCCCC(=O)OCC(COC(=O)CCCCCCCCC/C=C\C/C=C\CCCCC)OC(=O)CCCCCCC/C=C\CCCCCCCCC. The summed E-state index contributed by atoms with van der Waals surface area (Å²) >= 11 is 0. The van der Waals surface area contributed by atoms with Crippen molar-refractivity contribution in [3.05, 3.63) is 72.9 Å². The van der Waals surface area contributed by atoms with Gasteiger partial charge in [-0.2, -0.15) is 0 Å². The molecule has 6 heteroatoms. The van der Waals surface area contributed by atoms with Gasteiger partial charge in [0.05, 0.1) is 0 Å². The van der Waals surface area contributed by atoms with Gasteiger partial charge in [0.15, 0.2) is 6.10 Å². The number of carbonyl (C=O) groups is 3. The Kier molecular flexibility index (Phi) is 49.9. The molecule has 0 rings (SSSR count). The van der Waals surface area contributed by atoms with Crippen LogP contribution in [0.1, 0.15) is 258 Å². The molecule has 0 aromatic rings. The lowest BCUT2D eigenvalue weighted by Gasteiger charge is -2.18. The molecule has 0 radical (unpaired) electrons. The van der Waals surface area contributed by atoms with Gasteiger partial charge < -0.3 is 14.2 Å². The second-order valence-corrected chi connectivity index (χ2v) is 17.7. The van der Waals surface area contributed by atoms with Crippen molar-refractivity contribution >= 4 is 17.9 Å². The zero-order chi connectivity index (χ0) is 46.5. The van der Waals surface area contributed by atoms with Gasteiger partial charge in [0, 0.05) is 19.3 Å². The minimum Gasteiger partial charge on any atom is -0.462 e. The van der Waals surface area contributed by atoms with E-state index in [1.54, 1.807) is 0 Å². The fraction of sp³-hybridized carbons (Fsp3) is 0.741. The van der Waals surface area contributed by atoms with Crippen LogP contribution in [0.25, 0.3) is 0 Å². The first-order valence-corrected chi connectivity index (χ1v) is 26.9. The zero-order valence-corrected chi connectivity index (χ0v) is 42.0. The Hall–Kier alpha value is -3.15. The van der Waals surface area contributed by atoms with Crippen LogP contribution >= 0.6 is 0 Å². The summed E-state index contributed by atoms with van der Waals surface area (Å²) < 4.78 is 16.8. The van der Waals surface area contributed by atoms with Crippen LogP contribution in [0.3, 0.4) is 0 Å².